The second-order valence-corrected chi connectivity index (χ2v) is 53.7. The topological polar surface area (TPSA) is 171 Å². The van der Waals surface area contributed by atoms with Crippen LogP contribution in [0.5, 0.6) is 0 Å². The van der Waals surface area contributed by atoms with Gasteiger partial charge in [0.2, 0.25) is 0 Å². The molecule has 21 heavy (non-hydrogen) atoms. The predicted octanol–water partition coefficient (Wildman–Crippen LogP) is -2.74. The van der Waals surface area contributed by atoms with Crippen LogP contribution in [0.4, 0.5) is 0 Å². The molecule has 0 fully saturated rings. The number of hydrogen-bond donors (Lipinski definition) is 0. The van der Waals surface area contributed by atoms with Crippen LogP contribution in [-0.2, 0) is 56.2 Å². The molecule has 0 rings (SSSR count). The molecule has 0 aromatic rings. The Morgan fingerprint density at radius 2 is 0.381 bits per heavy atom. The Hall–Kier alpha value is -2.64. The summed E-state index contributed by atoms with van der Waals surface area (Å²) >= 11 is 0. The van der Waals surface area contributed by atoms with Gasteiger partial charge in [-0.15, -0.1) is 0 Å². The molecular formula is C10H10O10Re. The third-order valence-corrected chi connectivity index (χ3v) is 37.9. The van der Waals surface area contributed by atoms with E-state index in [1.165, 1.54) is 0 Å². The Bertz CT molecular complexity index is 593. The van der Waals surface area contributed by atoms with Crippen LogP contribution in [0.15, 0.2) is 0 Å². The summed E-state index contributed by atoms with van der Waals surface area (Å²) < 4.78 is -16.1. The summed E-state index contributed by atoms with van der Waals surface area (Å²) in [6, 6.07) is 0. The van der Waals surface area contributed by atoms with E-state index in [2.05, 4.69) is 0 Å². The Morgan fingerprint density at radius 3 is 0.381 bits per heavy atom. The maximum absolute atomic E-state index is 12.0. The maximum atomic E-state index is 11.8. The zero-order valence-electron chi connectivity index (χ0n) is 10.2. The van der Waals surface area contributed by atoms with E-state index in [1.807, 2.05) is 0 Å². The van der Waals surface area contributed by atoms with E-state index >= 15 is 0 Å². The number of carbonyl (C=O) groups is 10. The Kier molecular flexibility index (Phi) is 1.48. The van der Waals surface area contributed by atoms with Crippen molar-refractivity contribution in [1.82, 2.24) is 0 Å². The molecule has 0 saturated carbocycles. The normalized spacial score (nSPS) is 23.8. The van der Waals surface area contributed by atoms with Crippen LogP contribution in [0.25, 0.3) is 0 Å². The molecule has 0 aromatic heterocycles. The number of carbonyl (C=O) groups excluding carboxylic acids is 10. The first kappa shape index (κ1) is 18.4. The van der Waals surface area contributed by atoms with Crippen molar-refractivity contribution in [3.8, 4) is 0 Å². The SMILES string of the molecule is O=[CH][Re]([CH]=O)([CH]=O)([CH]=O)([CH]=O)([CH]=O)([CH]=O)([CH]=O)([CH]=O)[CH]=O. The van der Waals surface area contributed by atoms with Gasteiger partial charge in [0.15, 0.2) is 0 Å². The van der Waals surface area contributed by atoms with Crippen molar-refractivity contribution < 1.29 is 56.2 Å². The molecule has 0 N–H and O–H groups in total. The van der Waals surface area contributed by atoms with Gasteiger partial charge in [0, 0.05) is 0 Å². The van der Waals surface area contributed by atoms with Crippen LogP contribution in [0.3, 0.4) is 0 Å². The average Bonchev–Trinajstić information content (AvgIpc) is 2.65. The van der Waals surface area contributed by atoms with Crippen LogP contribution in [0.1, 0.15) is 0 Å². The van der Waals surface area contributed by atoms with Gasteiger partial charge in [0.1, 0.15) is 0 Å². The third kappa shape index (κ3) is 0.537. The fraction of sp³-hybridized carbons (Fsp3) is 0. The van der Waals surface area contributed by atoms with Gasteiger partial charge >= 0.3 is 104 Å². The monoisotopic (exact) mass is 477 g/mol. The molecule has 0 radical (unpaired) electrons. The Balaban J connectivity index is 10.5. The molecule has 0 saturated heterocycles. The van der Waals surface area contributed by atoms with Gasteiger partial charge in [-0.05, 0) is 0 Å². The molecule has 0 aliphatic carbocycles. The zero-order chi connectivity index (χ0) is 17.4. The summed E-state index contributed by atoms with van der Waals surface area (Å²) in [4.78, 5) is 118. The van der Waals surface area contributed by atoms with Crippen LogP contribution in [-0.4, -0.2) is 47.6 Å². The van der Waals surface area contributed by atoms with Gasteiger partial charge < -0.3 is 0 Å². The number of hydrogen-bond acceptors (Lipinski definition) is 10. The summed E-state index contributed by atoms with van der Waals surface area (Å²) in [5.74, 6) is 0. The van der Waals surface area contributed by atoms with Crippen molar-refractivity contribution in [1.29, 1.82) is 0 Å². The van der Waals surface area contributed by atoms with Crippen LogP contribution >= 0.6 is 0 Å². The van der Waals surface area contributed by atoms with Crippen molar-refractivity contribution in [2.75, 3.05) is 0 Å². The molecule has 10 nitrogen and oxygen atoms in total. The molecule has 0 aliphatic rings. The Morgan fingerprint density at radius 1 is 0.286 bits per heavy atom. The van der Waals surface area contributed by atoms with Gasteiger partial charge in [-0.1, -0.05) is 0 Å². The second kappa shape index (κ2) is 1.70. The summed E-state index contributed by atoms with van der Waals surface area (Å²) in [5.41, 5.74) is 0. The van der Waals surface area contributed by atoms with E-state index in [0.29, 0.717) is 0 Å². The van der Waals surface area contributed by atoms with Crippen LogP contribution < -0.4 is 0 Å². The van der Waals surface area contributed by atoms with E-state index in [9.17, 15) is 47.9 Å². The molecule has 11 heteroatoms. The summed E-state index contributed by atoms with van der Waals surface area (Å²) in [6.45, 7) is 0. The van der Waals surface area contributed by atoms with Gasteiger partial charge in [-0.25, -0.2) is 0 Å². The van der Waals surface area contributed by atoms with Crippen molar-refractivity contribution in [3.63, 3.8) is 0 Å². The molecule has 117 valence electrons. The quantitative estimate of drug-likeness (QED) is 0.301. The van der Waals surface area contributed by atoms with E-state index in [4.69, 9.17) is 0 Å². The zero-order valence-corrected chi connectivity index (χ0v) is 12.9. The first-order valence-electron chi connectivity index (χ1n) is 4.54. The minimum absolute atomic E-state index is 1.61. The van der Waals surface area contributed by atoms with Crippen LogP contribution in [0.2, 0.25) is 0 Å². The second-order valence-electron chi connectivity index (χ2n) is 6.56. The Labute approximate surface area is 104 Å². The number of rotatable bonds is 10. The summed E-state index contributed by atoms with van der Waals surface area (Å²) in [5, 5.41) is 0. The van der Waals surface area contributed by atoms with E-state index < -0.39 is 55.8 Å². The first-order valence-corrected chi connectivity index (χ1v) is 20.2. The average molecular weight is 476 g/mol. The predicted molar refractivity (Wildman–Crippen MR) is 67.5 cm³/mol. The molecule has 0 heterocycles. The minimum atomic E-state index is -12.0. The fourth-order valence-electron chi connectivity index (χ4n) is 0.945. The fourth-order valence-corrected chi connectivity index (χ4v) is 7.73. The molecule has 0 spiro atoms. The first-order chi connectivity index (χ1) is 9.31. The molecule has 0 unspecified atom stereocenters. The van der Waals surface area contributed by atoms with Crippen molar-refractivity contribution >= 4 is 47.6 Å². The van der Waals surface area contributed by atoms with E-state index in [-0.39, 0.29) is 0 Å². The molecule has 0 aromatic carbocycles. The molecule has 0 amide bonds. The van der Waals surface area contributed by atoms with Gasteiger partial charge in [0.25, 0.3) is 0 Å². The summed E-state index contributed by atoms with van der Waals surface area (Å²) in [7, 11) is -12.0. The molecule has 0 atom stereocenters. The molecular weight excluding hydrogens is 466 g/mol. The standard InChI is InChI=1S/10CHO.Re/c10*1-2;/h10*1H;. The van der Waals surface area contributed by atoms with Crippen molar-refractivity contribution in [2.45, 2.75) is 0 Å². The van der Waals surface area contributed by atoms with Crippen LogP contribution in [0, 0.1) is 0 Å². The van der Waals surface area contributed by atoms with Crippen molar-refractivity contribution in [3.05, 3.63) is 0 Å². The van der Waals surface area contributed by atoms with Gasteiger partial charge in [-0.3, -0.25) is 0 Å². The van der Waals surface area contributed by atoms with E-state index in [0.717, 1.165) is 0 Å². The molecule has 0 aliphatic heterocycles. The summed E-state index contributed by atoms with van der Waals surface area (Å²) in [6.07, 6.45) is 0. The van der Waals surface area contributed by atoms with Gasteiger partial charge in [0.05, 0.1) is 0 Å². The van der Waals surface area contributed by atoms with Gasteiger partial charge in [-0.2, -0.15) is 0 Å². The van der Waals surface area contributed by atoms with E-state index in [1.54, 1.807) is 0 Å². The molecule has 0 bridgehead atoms. The third-order valence-electron chi connectivity index (χ3n) is 4.63. The van der Waals surface area contributed by atoms with Crippen molar-refractivity contribution in [2.24, 2.45) is 0 Å².